The molecule has 1 atom stereocenters. The number of aliphatic carboxylic acids is 1. The van der Waals surface area contributed by atoms with Gasteiger partial charge in [-0.3, -0.25) is 4.79 Å². The van der Waals surface area contributed by atoms with Gasteiger partial charge in [0.25, 0.3) is 0 Å². The van der Waals surface area contributed by atoms with Crippen molar-refractivity contribution >= 4 is 17.7 Å². The Kier molecular flexibility index (Phi) is 5.56. The third-order valence-corrected chi connectivity index (χ3v) is 4.34. The fourth-order valence-corrected chi connectivity index (χ4v) is 3.28. The van der Waals surface area contributed by atoms with Gasteiger partial charge in [-0.15, -0.1) is 11.8 Å². The van der Waals surface area contributed by atoms with E-state index >= 15 is 0 Å². The summed E-state index contributed by atoms with van der Waals surface area (Å²) in [5, 5.41) is 8.97. The Labute approximate surface area is 107 Å². The predicted octanol–water partition coefficient (Wildman–Crippen LogP) is 3.98. The van der Waals surface area contributed by atoms with Crippen LogP contribution >= 0.6 is 11.8 Å². The van der Waals surface area contributed by atoms with Crippen molar-refractivity contribution < 1.29 is 9.90 Å². The number of hydrogen-bond donors (Lipinski definition) is 1. The second kappa shape index (κ2) is 6.70. The normalized spacial score (nSPS) is 12.7. The highest BCUT2D eigenvalue weighted by Crippen LogP contribution is 2.32. The van der Waals surface area contributed by atoms with Crippen LogP contribution in [-0.4, -0.2) is 16.3 Å². The molecule has 1 unspecified atom stereocenters. The zero-order chi connectivity index (χ0) is 12.8. The van der Waals surface area contributed by atoms with Crippen molar-refractivity contribution in [3.05, 3.63) is 29.8 Å². The van der Waals surface area contributed by atoms with Crippen molar-refractivity contribution in [3.63, 3.8) is 0 Å². The van der Waals surface area contributed by atoms with Crippen LogP contribution in [0.25, 0.3) is 0 Å². The zero-order valence-corrected chi connectivity index (χ0v) is 11.5. The van der Waals surface area contributed by atoms with Gasteiger partial charge < -0.3 is 5.11 Å². The molecule has 0 spiro atoms. The largest absolute Gasteiger partial charge is 0.480 e. The van der Waals surface area contributed by atoms with Crippen LogP contribution in [-0.2, 0) is 4.79 Å². The van der Waals surface area contributed by atoms with Gasteiger partial charge in [0.2, 0.25) is 0 Å². The number of carboxylic acids is 1. The third kappa shape index (κ3) is 4.08. The van der Waals surface area contributed by atoms with E-state index in [1.54, 1.807) is 0 Å². The number of carboxylic acid groups (broad SMARTS) is 1. The summed E-state index contributed by atoms with van der Waals surface area (Å²) < 4.78 is 0. The Morgan fingerprint density at radius 3 is 2.47 bits per heavy atom. The molecule has 0 saturated heterocycles. The smallest absolute Gasteiger partial charge is 0.317 e. The highest BCUT2D eigenvalue weighted by Gasteiger charge is 2.26. The van der Waals surface area contributed by atoms with Gasteiger partial charge in [-0.2, -0.15) is 0 Å². The molecule has 0 saturated carbocycles. The molecule has 0 fully saturated rings. The number of thioether (sulfide) groups is 1. The summed E-state index contributed by atoms with van der Waals surface area (Å²) in [7, 11) is 0. The van der Waals surface area contributed by atoms with Crippen LogP contribution < -0.4 is 0 Å². The molecule has 17 heavy (non-hydrogen) atoms. The molecule has 1 rings (SSSR count). The molecule has 0 radical (unpaired) electrons. The van der Waals surface area contributed by atoms with Crippen molar-refractivity contribution in [3.8, 4) is 0 Å². The van der Waals surface area contributed by atoms with Gasteiger partial charge in [-0.05, 0) is 25.0 Å². The highest BCUT2D eigenvalue weighted by atomic mass is 32.2. The first-order valence-corrected chi connectivity index (χ1v) is 6.92. The third-order valence-electron chi connectivity index (χ3n) is 2.97. The van der Waals surface area contributed by atoms with E-state index in [-0.39, 0.29) is 11.2 Å². The molecule has 0 aliphatic heterocycles. The van der Waals surface area contributed by atoms with E-state index in [4.69, 9.17) is 0 Å². The minimum absolute atomic E-state index is 0.234. The van der Waals surface area contributed by atoms with Gasteiger partial charge in [0.15, 0.2) is 0 Å². The average molecular weight is 252 g/mol. The molecule has 3 heteroatoms. The first kappa shape index (κ1) is 14.1. The Bertz CT molecular complexity index is 372. The van der Waals surface area contributed by atoms with E-state index in [2.05, 4.69) is 13.8 Å². The molecule has 2 nitrogen and oxygen atoms in total. The zero-order valence-electron chi connectivity index (χ0n) is 10.6. The molecule has 1 N–H and O–H groups in total. The lowest BCUT2D eigenvalue weighted by molar-refractivity contribution is -0.137. The summed E-state index contributed by atoms with van der Waals surface area (Å²) in [4.78, 5) is 12.4. The Hall–Kier alpha value is -0.960. The minimum atomic E-state index is -0.704. The fraction of sp³-hybridized carbons (Fsp3) is 0.500. The number of benzene rings is 1. The van der Waals surface area contributed by atoms with Gasteiger partial charge in [0.1, 0.15) is 5.25 Å². The Morgan fingerprint density at radius 1 is 1.35 bits per heavy atom. The molecule has 0 aromatic heterocycles. The quantitative estimate of drug-likeness (QED) is 0.778. The minimum Gasteiger partial charge on any atom is -0.480 e. The Morgan fingerprint density at radius 2 is 2.00 bits per heavy atom. The van der Waals surface area contributed by atoms with E-state index in [0.717, 1.165) is 17.7 Å². The molecular weight excluding hydrogens is 232 g/mol. The van der Waals surface area contributed by atoms with Crippen LogP contribution in [0, 0.1) is 12.8 Å². The van der Waals surface area contributed by atoms with Gasteiger partial charge >= 0.3 is 5.97 Å². The predicted molar refractivity (Wildman–Crippen MR) is 72.5 cm³/mol. The van der Waals surface area contributed by atoms with Crippen molar-refractivity contribution in [1.82, 2.24) is 0 Å². The van der Waals surface area contributed by atoms with Crippen molar-refractivity contribution in [2.45, 2.75) is 43.8 Å². The summed E-state index contributed by atoms with van der Waals surface area (Å²) >= 11 is 1.47. The van der Waals surface area contributed by atoms with E-state index in [1.165, 1.54) is 17.3 Å². The van der Waals surface area contributed by atoms with Crippen LogP contribution in [0.5, 0.6) is 0 Å². The molecule has 1 aromatic rings. The summed E-state index contributed by atoms with van der Waals surface area (Å²) in [5.41, 5.74) is 1.17. The maximum atomic E-state index is 11.3. The van der Waals surface area contributed by atoms with E-state index < -0.39 is 5.97 Å². The second-order valence-corrected chi connectivity index (χ2v) is 5.48. The summed E-state index contributed by atoms with van der Waals surface area (Å²) in [6, 6.07) is 8.03. The number of aryl methyl sites for hydroxylation is 1. The first-order chi connectivity index (χ1) is 8.08. The van der Waals surface area contributed by atoms with Crippen molar-refractivity contribution in [2.24, 2.45) is 5.92 Å². The number of rotatable bonds is 6. The molecule has 0 heterocycles. The molecule has 0 aliphatic rings. The van der Waals surface area contributed by atoms with Gasteiger partial charge in [-0.25, -0.2) is 0 Å². The van der Waals surface area contributed by atoms with Gasteiger partial charge in [0, 0.05) is 4.90 Å². The SMILES string of the molecule is CCC(CC)C(Sc1cccc(C)c1)C(=O)O. The molecule has 0 aliphatic carbocycles. The average Bonchev–Trinajstić information content (AvgIpc) is 2.29. The van der Waals surface area contributed by atoms with Gasteiger partial charge in [-0.1, -0.05) is 44.4 Å². The van der Waals surface area contributed by atoms with Crippen LogP contribution in [0.3, 0.4) is 0 Å². The topological polar surface area (TPSA) is 37.3 Å². The maximum Gasteiger partial charge on any atom is 0.317 e. The summed E-state index contributed by atoms with van der Waals surface area (Å²) in [5.74, 6) is -0.469. The summed E-state index contributed by atoms with van der Waals surface area (Å²) in [6.45, 7) is 6.14. The lowest BCUT2D eigenvalue weighted by Crippen LogP contribution is -2.25. The molecule has 0 bridgehead atoms. The standard InChI is InChI=1S/C14H20O2S/c1-4-11(5-2)13(14(15)16)17-12-8-6-7-10(3)9-12/h6-9,11,13H,4-5H2,1-3H3,(H,15,16). The molecule has 0 amide bonds. The highest BCUT2D eigenvalue weighted by molar-refractivity contribution is 8.00. The van der Waals surface area contributed by atoms with Crippen LogP contribution in [0.2, 0.25) is 0 Å². The van der Waals surface area contributed by atoms with Crippen molar-refractivity contribution in [2.75, 3.05) is 0 Å². The van der Waals surface area contributed by atoms with Gasteiger partial charge in [0.05, 0.1) is 0 Å². The molecular formula is C14H20O2S. The first-order valence-electron chi connectivity index (χ1n) is 6.04. The van der Waals surface area contributed by atoms with E-state index in [9.17, 15) is 9.90 Å². The molecule has 94 valence electrons. The van der Waals surface area contributed by atoms with Crippen LogP contribution in [0.15, 0.2) is 29.2 Å². The lowest BCUT2D eigenvalue weighted by atomic mass is 9.99. The molecule has 1 aromatic carbocycles. The van der Waals surface area contributed by atoms with Crippen LogP contribution in [0.1, 0.15) is 32.3 Å². The Balaban J connectivity index is 2.83. The van der Waals surface area contributed by atoms with Crippen molar-refractivity contribution in [1.29, 1.82) is 0 Å². The number of carbonyl (C=O) groups is 1. The fourth-order valence-electron chi connectivity index (χ4n) is 1.90. The van der Waals surface area contributed by atoms with E-state index in [0.29, 0.717) is 0 Å². The van der Waals surface area contributed by atoms with Crippen LogP contribution in [0.4, 0.5) is 0 Å². The lowest BCUT2D eigenvalue weighted by Gasteiger charge is -2.20. The number of hydrogen-bond acceptors (Lipinski definition) is 2. The summed E-state index contributed by atoms with van der Waals surface area (Å²) in [6.07, 6.45) is 1.82. The monoisotopic (exact) mass is 252 g/mol. The van der Waals surface area contributed by atoms with E-state index in [1.807, 2.05) is 31.2 Å². The second-order valence-electron chi connectivity index (χ2n) is 4.27. The maximum absolute atomic E-state index is 11.3.